The number of benzene rings is 2. The molecule has 34 heavy (non-hydrogen) atoms. The smallest absolute Gasteiger partial charge is 0.165 e. The highest BCUT2D eigenvalue weighted by Crippen LogP contribution is 2.25. The maximum absolute atomic E-state index is 14.4. The van der Waals surface area contributed by atoms with Crippen LogP contribution in [0.5, 0.6) is 5.75 Å². The second kappa shape index (κ2) is 10.9. The molecule has 5 nitrogen and oxygen atoms in total. The van der Waals surface area contributed by atoms with Crippen LogP contribution < -0.4 is 4.74 Å². The minimum Gasteiger partial charge on any atom is -0.486 e. The van der Waals surface area contributed by atoms with Crippen molar-refractivity contribution in [2.75, 3.05) is 19.7 Å². The number of carbonyl (C=O) groups is 1. The van der Waals surface area contributed by atoms with Gasteiger partial charge in [0, 0.05) is 38.2 Å². The molecular weight excluding hydrogens is 431 g/mol. The van der Waals surface area contributed by atoms with Crippen molar-refractivity contribution < 1.29 is 19.0 Å². The molecule has 0 unspecified atom stereocenters. The van der Waals surface area contributed by atoms with Gasteiger partial charge in [-0.2, -0.15) is 0 Å². The van der Waals surface area contributed by atoms with E-state index in [1.54, 1.807) is 18.3 Å². The molecule has 2 aromatic carbocycles. The maximum atomic E-state index is 14.4. The first-order valence-corrected chi connectivity index (χ1v) is 11.8. The second-order valence-electron chi connectivity index (χ2n) is 9.15. The Balaban J connectivity index is 1.28. The number of aromatic nitrogens is 1. The number of likely N-dealkylation sites (tertiary alicyclic amines) is 1. The van der Waals surface area contributed by atoms with Gasteiger partial charge in [-0.15, -0.1) is 0 Å². The Morgan fingerprint density at radius 1 is 1.15 bits per heavy atom. The van der Waals surface area contributed by atoms with Gasteiger partial charge in [-0.3, -0.25) is 14.7 Å². The molecule has 0 radical (unpaired) electrons. The average Bonchev–Trinajstić information content (AvgIpc) is 2.82. The van der Waals surface area contributed by atoms with E-state index in [-0.39, 0.29) is 30.5 Å². The summed E-state index contributed by atoms with van der Waals surface area (Å²) in [6, 6.07) is 16.9. The lowest BCUT2D eigenvalue weighted by molar-refractivity contribution is 0.0144. The quantitative estimate of drug-likeness (QED) is 0.418. The fourth-order valence-electron chi connectivity index (χ4n) is 4.08. The third kappa shape index (κ3) is 5.88. The lowest BCUT2D eigenvalue weighted by atomic mass is 10.0. The van der Waals surface area contributed by atoms with Crippen LogP contribution in [0.2, 0.25) is 0 Å². The molecule has 178 valence electrons. The molecule has 4 rings (SSSR count). The van der Waals surface area contributed by atoms with Gasteiger partial charge in [-0.05, 0) is 47.7 Å². The van der Waals surface area contributed by atoms with E-state index in [1.807, 2.05) is 6.07 Å². The van der Waals surface area contributed by atoms with Crippen molar-refractivity contribution in [2.45, 2.75) is 45.3 Å². The number of hydrogen-bond acceptors (Lipinski definition) is 5. The van der Waals surface area contributed by atoms with Crippen LogP contribution in [-0.2, 0) is 6.54 Å². The molecule has 2 heterocycles. The van der Waals surface area contributed by atoms with E-state index in [0.29, 0.717) is 29.3 Å². The van der Waals surface area contributed by atoms with Gasteiger partial charge in [0.1, 0.15) is 17.7 Å². The normalized spacial score (nSPS) is 14.3. The number of Topliss-reactive ketones (excluding diaryl/α,β-unsaturated/α-hetero) is 1. The number of pyridine rings is 1. The van der Waals surface area contributed by atoms with Gasteiger partial charge in [-0.25, -0.2) is 4.39 Å². The Morgan fingerprint density at radius 3 is 2.53 bits per heavy atom. The fourth-order valence-corrected chi connectivity index (χ4v) is 4.08. The highest BCUT2D eigenvalue weighted by Gasteiger charge is 2.28. The van der Waals surface area contributed by atoms with Gasteiger partial charge >= 0.3 is 0 Å². The first-order chi connectivity index (χ1) is 16.4. The van der Waals surface area contributed by atoms with E-state index in [9.17, 15) is 9.18 Å². The van der Waals surface area contributed by atoms with Crippen molar-refractivity contribution in [2.24, 2.45) is 0 Å². The highest BCUT2D eigenvalue weighted by molar-refractivity contribution is 5.96. The Bertz CT molecular complexity index is 1110. The topological polar surface area (TPSA) is 62.7 Å². The van der Waals surface area contributed by atoms with Crippen molar-refractivity contribution in [3.63, 3.8) is 0 Å². The van der Waals surface area contributed by atoms with E-state index in [1.165, 1.54) is 23.3 Å². The van der Waals surface area contributed by atoms with Crippen molar-refractivity contribution in [3.8, 4) is 17.0 Å². The summed E-state index contributed by atoms with van der Waals surface area (Å²) in [6.45, 7) is 6.96. The van der Waals surface area contributed by atoms with Gasteiger partial charge in [-0.1, -0.05) is 44.2 Å². The third-order valence-electron chi connectivity index (χ3n) is 6.14. The number of ether oxygens (including phenoxy) is 1. The summed E-state index contributed by atoms with van der Waals surface area (Å²) in [5, 5.41) is 8.85. The van der Waals surface area contributed by atoms with Crippen LogP contribution in [0.4, 0.5) is 4.39 Å². The van der Waals surface area contributed by atoms with Gasteiger partial charge < -0.3 is 9.84 Å². The molecule has 1 fully saturated rings. The number of aliphatic hydroxyl groups is 1. The molecule has 0 spiro atoms. The number of halogens is 1. The highest BCUT2D eigenvalue weighted by atomic mass is 19.1. The molecule has 0 amide bonds. The molecule has 1 saturated heterocycles. The van der Waals surface area contributed by atoms with Crippen LogP contribution in [0, 0.1) is 5.82 Å². The number of aliphatic hydroxyl groups excluding tert-OH is 1. The maximum Gasteiger partial charge on any atom is 0.165 e. The third-order valence-corrected chi connectivity index (χ3v) is 6.14. The van der Waals surface area contributed by atoms with Crippen molar-refractivity contribution in [3.05, 3.63) is 83.3 Å². The fraction of sp³-hybridized carbons (Fsp3) is 0.357. The molecular formula is C28H31FN2O3. The predicted molar refractivity (Wildman–Crippen MR) is 131 cm³/mol. The van der Waals surface area contributed by atoms with E-state index in [2.05, 4.69) is 48.0 Å². The van der Waals surface area contributed by atoms with E-state index in [4.69, 9.17) is 9.84 Å². The van der Waals surface area contributed by atoms with Gasteiger partial charge in [0.2, 0.25) is 0 Å². The van der Waals surface area contributed by atoms with Crippen LogP contribution in [0.3, 0.4) is 0 Å². The number of rotatable bonds is 10. The molecule has 3 aromatic rings. The largest absolute Gasteiger partial charge is 0.486 e. The van der Waals surface area contributed by atoms with Crippen LogP contribution >= 0.6 is 0 Å². The molecule has 0 saturated carbocycles. The first kappa shape index (κ1) is 24.0. The predicted octanol–water partition coefficient (Wildman–Crippen LogP) is 5.23. The Kier molecular flexibility index (Phi) is 7.70. The summed E-state index contributed by atoms with van der Waals surface area (Å²) in [4.78, 5) is 18.8. The molecule has 0 atom stereocenters. The molecule has 0 bridgehead atoms. The van der Waals surface area contributed by atoms with Gasteiger partial charge in [0.15, 0.2) is 5.78 Å². The summed E-state index contributed by atoms with van der Waals surface area (Å²) in [5.74, 6) is 0.347. The Labute approximate surface area is 200 Å². The Morgan fingerprint density at radius 2 is 1.91 bits per heavy atom. The number of nitrogens with zero attached hydrogens (tertiary/aromatic N) is 2. The van der Waals surface area contributed by atoms with Crippen LogP contribution in [0.25, 0.3) is 11.3 Å². The van der Waals surface area contributed by atoms with Crippen LogP contribution in [0.1, 0.15) is 54.1 Å². The number of ketones is 1. The molecule has 1 aromatic heterocycles. The molecule has 1 aliphatic rings. The summed E-state index contributed by atoms with van der Waals surface area (Å²) < 4.78 is 20.5. The lowest BCUT2D eigenvalue weighted by Crippen LogP contribution is -2.53. The zero-order valence-corrected chi connectivity index (χ0v) is 19.7. The van der Waals surface area contributed by atoms with Crippen molar-refractivity contribution >= 4 is 5.78 Å². The van der Waals surface area contributed by atoms with Crippen LogP contribution in [0.15, 0.2) is 60.8 Å². The minimum atomic E-state index is -0.573. The van der Waals surface area contributed by atoms with E-state index < -0.39 is 5.82 Å². The lowest BCUT2D eigenvalue weighted by Gasteiger charge is -2.39. The standard InChI is InChI=1S/C28H31FN2O3/c1-19(2)21-7-5-20(6-8-21)16-31-17-24(18-31)34-23-10-12-27(30-15-23)22-9-11-25(26(29)14-22)28(33)4-3-13-32/h5-12,14-15,19,24,32H,3-4,13,16-18H2,1-2H3. The minimum absolute atomic E-state index is 0.0440. The van der Waals surface area contributed by atoms with Crippen LogP contribution in [-0.4, -0.2) is 46.6 Å². The Hall–Kier alpha value is -3.09. The zero-order valence-electron chi connectivity index (χ0n) is 19.7. The average molecular weight is 463 g/mol. The summed E-state index contributed by atoms with van der Waals surface area (Å²) in [6.07, 6.45) is 2.23. The monoisotopic (exact) mass is 462 g/mol. The molecule has 1 N–H and O–H groups in total. The van der Waals surface area contributed by atoms with Crippen molar-refractivity contribution in [1.29, 1.82) is 0 Å². The zero-order chi connectivity index (χ0) is 24.1. The van der Waals surface area contributed by atoms with Gasteiger partial charge in [0.25, 0.3) is 0 Å². The molecule has 6 heteroatoms. The van der Waals surface area contributed by atoms with E-state index >= 15 is 0 Å². The van der Waals surface area contributed by atoms with Gasteiger partial charge in [0.05, 0.1) is 17.5 Å². The summed E-state index contributed by atoms with van der Waals surface area (Å²) in [5.41, 5.74) is 3.92. The number of carbonyl (C=O) groups excluding carboxylic acids is 1. The SMILES string of the molecule is CC(C)c1ccc(CN2CC(Oc3ccc(-c4ccc(C(=O)CCCO)c(F)c4)nc3)C2)cc1. The summed E-state index contributed by atoms with van der Waals surface area (Å²) in [7, 11) is 0. The number of hydrogen-bond donors (Lipinski definition) is 1. The molecule has 0 aliphatic carbocycles. The molecule has 1 aliphatic heterocycles. The van der Waals surface area contributed by atoms with E-state index in [0.717, 1.165) is 19.6 Å². The first-order valence-electron chi connectivity index (χ1n) is 11.8. The van der Waals surface area contributed by atoms with Crippen molar-refractivity contribution in [1.82, 2.24) is 9.88 Å². The second-order valence-corrected chi connectivity index (χ2v) is 9.15. The summed E-state index contributed by atoms with van der Waals surface area (Å²) >= 11 is 0.